The molecule has 1 aromatic carbocycles. The second kappa shape index (κ2) is 3.56. The maximum Gasteiger partial charge on any atom is 0.335 e. The normalized spacial score (nSPS) is 11.9. The number of rotatable bonds is 1. The number of aromatic nitrogens is 1. The first-order valence-corrected chi connectivity index (χ1v) is 5.84. The number of hydrogen-bond acceptors (Lipinski definition) is 3. The van der Waals surface area contributed by atoms with Crippen LogP contribution in [0.15, 0.2) is 18.2 Å². The van der Waals surface area contributed by atoms with Crippen LogP contribution >= 0.6 is 11.3 Å². The predicted molar refractivity (Wildman–Crippen MR) is 65.3 cm³/mol. The smallest absolute Gasteiger partial charge is 0.335 e. The van der Waals surface area contributed by atoms with Gasteiger partial charge in [-0.3, -0.25) is 0 Å². The number of thiazole rings is 1. The molecule has 2 rings (SSSR count). The van der Waals surface area contributed by atoms with Crippen molar-refractivity contribution in [1.29, 1.82) is 0 Å². The van der Waals surface area contributed by atoms with Crippen LogP contribution in [0.4, 0.5) is 0 Å². The van der Waals surface area contributed by atoms with E-state index in [0.29, 0.717) is 5.56 Å². The molecule has 84 valence electrons. The quantitative estimate of drug-likeness (QED) is 0.825. The van der Waals surface area contributed by atoms with Crippen molar-refractivity contribution in [3.05, 3.63) is 28.8 Å². The first-order valence-electron chi connectivity index (χ1n) is 5.02. The highest BCUT2D eigenvalue weighted by Gasteiger charge is 2.19. The number of benzene rings is 1. The lowest BCUT2D eigenvalue weighted by Crippen LogP contribution is -2.09. The summed E-state index contributed by atoms with van der Waals surface area (Å²) in [4.78, 5) is 15.3. The summed E-state index contributed by atoms with van der Waals surface area (Å²) >= 11 is 1.56. The van der Waals surface area contributed by atoms with Gasteiger partial charge in [-0.25, -0.2) is 9.78 Å². The molecule has 0 unspecified atom stereocenters. The Morgan fingerprint density at radius 2 is 2.06 bits per heavy atom. The molecule has 1 aromatic heterocycles. The molecule has 0 saturated heterocycles. The van der Waals surface area contributed by atoms with Gasteiger partial charge in [0.25, 0.3) is 0 Å². The van der Waals surface area contributed by atoms with Crippen LogP contribution in [-0.2, 0) is 5.41 Å². The molecule has 1 N–H and O–H groups in total. The predicted octanol–water partition coefficient (Wildman–Crippen LogP) is 3.29. The minimum Gasteiger partial charge on any atom is -0.478 e. The number of carboxylic acid groups (broad SMARTS) is 1. The van der Waals surface area contributed by atoms with E-state index in [-0.39, 0.29) is 5.41 Å². The number of nitrogens with zero attached hydrogens (tertiary/aromatic N) is 1. The molecular formula is C12H13NO2S. The van der Waals surface area contributed by atoms with Crippen LogP contribution in [0.2, 0.25) is 0 Å². The van der Waals surface area contributed by atoms with Gasteiger partial charge >= 0.3 is 5.97 Å². The monoisotopic (exact) mass is 235 g/mol. The van der Waals surface area contributed by atoms with Gasteiger partial charge < -0.3 is 5.11 Å². The van der Waals surface area contributed by atoms with Crippen molar-refractivity contribution in [2.24, 2.45) is 0 Å². The van der Waals surface area contributed by atoms with E-state index in [1.54, 1.807) is 29.5 Å². The molecule has 0 atom stereocenters. The fourth-order valence-electron chi connectivity index (χ4n) is 1.38. The molecule has 0 aliphatic rings. The Morgan fingerprint density at radius 3 is 2.62 bits per heavy atom. The molecule has 0 spiro atoms. The number of carbonyl (C=O) groups is 1. The molecule has 0 saturated carbocycles. The van der Waals surface area contributed by atoms with Crippen molar-refractivity contribution in [3.63, 3.8) is 0 Å². The number of fused-ring (bicyclic) bond motifs is 1. The van der Waals surface area contributed by atoms with Gasteiger partial charge in [0.05, 0.1) is 20.8 Å². The molecule has 4 heteroatoms. The van der Waals surface area contributed by atoms with E-state index in [1.165, 1.54) is 0 Å². The highest BCUT2D eigenvalue weighted by molar-refractivity contribution is 7.18. The van der Waals surface area contributed by atoms with Crippen molar-refractivity contribution in [3.8, 4) is 0 Å². The zero-order chi connectivity index (χ0) is 11.9. The molecule has 0 aliphatic carbocycles. The second-order valence-electron chi connectivity index (χ2n) is 4.76. The topological polar surface area (TPSA) is 50.2 Å². The van der Waals surface area contributed by atoms with E-state index >= 15 is 0 Å². The lowest BCUT2D eigenvalue weighted by molar-refractivity contribution is 0.0697. The summed E-state index contributed by atoms with van der Waals surface area (Å²) < 4.78 is 0.935. The number of hydrogen-bond donors (Lipinski definition) is 1. The molecule has 0 fully saturated rings. The SMILES string of the molecule is CC(C)(C)c1nc2ccc(C(=O)O)cc2s1. The summed E-state index contributed by atoms with van der Waals surface area (Å²) in [6.07, 6.45) is 0. The Hall–Kier alpha value is -1.42. The minimum atomic E-state index is -0.896. The summed E-state index contributed by atoms with van der Waals surface area (Å²) in [6, 6.07) is 5.05. The van der Waals surface area contributed by atoms with Crippen molar-refractivity contribution < 1.29 is 9.90 Å². The van der Waals surface area contributed by atoms with Crippen LogP contribution in [0.25, 0.3) is 10.2 Å². The zero-order valence-electron chi connectivity index (χ0n) is 9.44. The molecule has 3 nitrogen and oxygen atoms in total. The average molecular weight is 235 g/mol. The Morgan fingerprint density at radius 1 is 1.38 bits per heavy atom. The van der Waals surface area contributed by atoms with E-state index in [0.717, 1.165) is 15.2 Å². The standard InChI is InChI=1S/C12H13NO2S/c1-12(2,3)11-13-8-5-4-7(10(14)15)6-9(8)16-11/h4-6H,1-3H3,(H,14,15). The third-order valence-electron chi connectivity index (χ3n) is 2.28. The minimum absolute atomic E-state index is 0.00702. The first kappa shape index (κ1) is 11.1. The van der Waals surface area contributed by atoms with E-state index in [1.807, 2.05) is 0 Å². The Bertz CT molecular complexity index is 552. The molecular weight excluding hydrogens is 222 g/mol. The zero-order valence-corrected chi connectivity index (χ0v) is 10.3. The van der Waals surface area contributed by atoms with Gasteiger partial charge in [-0.05, 0) is 18.2 Å². The van der Waals surface area contributed by atoms with Gasteiger partial charge in [0.15, 0.2) is 0 Å². The van der Waals surface area contributed by atoms with Crippen molar-refractivity contribution in [1.82, 2.24) is 4.98 Å². The lowest BCUT2D eigenvalue weighted by atomic mass is 9.98. The van der Waals surface area contributed by atoms with Gasteiger partial charge in [0, 0.05) is 5.41 Å². The van der Waals surface area contributed by atoms with E-state index in [9.17, 15) is 4.79 Å². The second-order valence-corrected chi connectivity index (χ2v) is 5.79. The van der Waals surface area contributed by atoms with E-state index in [4.69, 9.17) is 5.11 Å². The Balaban J connectivity index is 2.59. The fraction of sp³-hybridized carbons (Fsp3) is 0.333. The van der Waals surface area contributed by atoms with Crippen LogP contribution in [0.3, 0.4) is 0 Å². The summed E-state index contributed by atoms with van der Waals surface area (Å²) in [5, 5.41) is 9.93. The first-order chi connectivity index (χ1) is 7.38. The van der Waals surface area contributed by atoms with Crippen molar-refractivity contribution >= 4 is 27.5 Å². The third-order valence-corrected chi connectivity index (χ3v) is 3.72. The van der Waals surface area contributed by atoms with E-state index in [2.05, 4.69) is 25.8 Å². The molecule has 16 heavy (non-hydrogen) atoms. The van der Waals surface area contributed by atoms with Gasteiger partial charge in [0.2, 0.25) is 0 Å². The highest BCUT2D eigenvalue weighted by atomic mass is 32.1. The third kappa shape index (κ3) is 1.93. The summed E-state index contributed by atoms with van der Waals surface area (Å²) in [5.41, 5.74) is 1.20. The van der Waals surface area contributed by atoms with Crippen molar-refractivity contribution in [2.75, 3.05) is 0 Å². The molecule has 0 bridgehead atoms. The van der Waals surface area contributed by atoms with Gasteiger partial charge in [-0.1, -0.05) is 20.8 Å². The van der Waals surface area contributed by atoms with E-state index < -0.39 is 5.97 Å². The van der Waals surface area contributed by atoms with Crippen LogP contribution in [0, 0.1) is 0 Å². The Kier molecular flexibility index (Phi) is 2.46. The maximum absolute atomic E-state index is 10.8. The summed E-state index contributed by atoms with van der Waals surface area (Å²) in [5.74, 6) is -0.896. The highest BCUT2D eigenvalue weighted by Crippen LogP contribution is 2.31. The van der Waals surface area contributed by atoms with Crippen LogP contribution in [-0.4, -0.2) is 16.1 Å². The molecule has 0 radical (unpaired) electrons. The lowest BCUT2D eigenvalue weighted by Gasteiger charge is -2.13. The van der Waals surface area contributed by atoms with Crippen LogP contribution in [0.1, 0.15) is 36.1 Å². The van der Waals surface area contributed by atoms with Crippen LogP contribution in [0.5, 0.6) is 0 Å². The van der Waals surface area contributed by atoms with Gasteiger partial charge in [0.1, 0.15) is 0 Å². The molecule has 0 aliphatic heterocycles. The van der Waals surface area contributed by atoms with Gasteiger partial charge in [-0.15, -0.1) is 11.3 Å². The molecule has 2 aromatic rings. The Labute approximate surface area is 97.8 Å². The fourth-order valence-corrected chi connectivity index (χ4v) is 2.44. The summed E-state index contributed by atoms with van der Waals surface area (Å²) in [6.45, 7) is 6.30. The van der Waals surface area contributed by atoms with Crippen LogP contribution < -0.4 is 0 Å². The largest absolute Gasteiger partial charge is 0.478 e. The number of aromatic carboxylic acids is 1. The number of carboxylic acids is 1. The average Bonchev–Trinajstić information content (AvgIpc) is 2.58. The van der Waals surface area contributed by atoms with Gasteiger partial charge in [-0.2, -0.15) is 0 Å². The molecule has 1 heterocycles. The van der Waals surface area contributed by atoms with Crippen molar-refractivity contribution in [2.45, 2.75) is 26.2 Å². The summed E-state index contributed by atoms with van der Waals surface area (Å²) in [7, 11) is 0. The maximum atomic E-state index is 10.8. The molecule has 0 amide bonds.